The van der Waals surface area contributed by atoms with E-state index in [0.29, 0.717) is 0 Å². The predicted octanol–water partition coefficient (Wildman–Crippen LogP) is 2.88. The van der Waals surface area contributed by atoms with E-state index in [0.717, 1.165) is 12.1 Å². The van der Waals surface area contributed by atoms with Gasteiger partial charge in [-0.15, -0.1) is 0 Å². The molecule has 0 unspecified atom stereocenters. The topological polar surface area (TPSA) is 99.7 Å². The first kappa shape index (κ1) is 14.7. The van der Waals surface area contributed by atoms with Crippen LogP contribution in [-0.2, 0) is 4.74 Å². The number of ether oxygens (including phenoxy) is 1. The molecule has 8 heteroatoms. The minimum Gasteiger partial charge on any atom is -0.451 e. The van der Waals surface area contributed by atoms with Gasteiger partial charge in [-0.1, -0.05) is 23.7 Å². The highest BCUT2D eigenvalue weighted by Crippen LogP contribution is 2.18. The summed E-state index contributed by atoms with van der Waals surface area (Å²) in [5.41, 5.74) is 0.220. The van der Waals surface area contributed by atoms with Crippen LogP contribution in [0.3, 0.4) is 0 Å². The van der Waals surface area contributed by atoms with E-state index in [1.54, 1.807) is 12.1 Å². The number of furan rings is 1. The van der Waals surface area contributed by atoms with Crippen molar-refractivity contribution in [1.82, 2.24) is 0 Å². The van der Waals surface area contributed by atoms with Crippen LogP contribution >= 0.6 is 11.6 Å². The number of carbonyl (C=O) groups is 2. The van der Waals surface area contributed by atoms with Gasteiger partial charge >= 0.3 is 11.9 Å². The van der Waals surface area contributed by atoms with Crippen molar-refractivity contribution in [2.24, 2.45) is 0 Å². The molecule has 2 aromatic rings. The van der Waals surface area contributed by atoms with E-state index in [1.165, 1.54) is 12.1 Å². The summed E-state index contributed by atoms with van der Waals surface area (Å²) in [4.78, 5) is 33.0. The second-order valence-electron chi connectivity index (χ2n) is 3.87. The van der Waals surface area contributed by atoms with E-state index in [-0.39, 0.29) is 16.3 Å². The number of ketones is 1. The SMILES string of the molecule is O=C(OCC(=O)c1ccccc1Cl)c1ccc([N+](=O)[O-])o1. The molecule has 7 nitrogen and oxygen atoms in total. The Morgan fingerprint density at radius 1 is 1.24 bits per heavy atom. The molecule has 0 saturated heterocycles. The summed E-state index contributed by atoms with van der Waals surface area (Å²) in [6.45, 7) is -0.545. The van der Waals surface area contributed by atoms with Crippen molar-refractivity contribution in [3.8, 4) is 0 Å². The lowest BCUT2D eigenvalue weighted by atomic mass is 10.1. The molecule has 0 aliphatic rings. The number of benzene rings is 1. The summed E-state index contributed by atoms with van der Waals surface area (Å²) in [6, 6.07) is 8.43. The molecule has 108 valence electrons. The maximum absolute atomic E-state index is 11.8. The molecule has 0 N–H and O–H groups in total. The van der Waals surface area contributed by atoms with Crippen LogP contribution < -0.4 is 0 Å². The molecular weight excluding hydrogens is 302 g/mol. The van der Waals surface area contributed by atoms with Crippen molar-refractivity contribution in [2.45, 2.75) is 0 Å². The lowest BCUT2D eigenvalue weighted by Crippen LogP contribution is -2.14. The fourth-order valence-electron chi connectivity index (χ4n) is 1.50. The second kappa shape index (κ2) is 6.19. The first-order valence-electron chi connectivity index (χ1n) is 5.68. The van der Waals surface area contributed by atoms with Gasteiger partial charge in [0, 0.05) is 5.56 Å². The number of carbonyl (C=O) groups excluding carboxylic acids is 2. The van der Waals surface area contributed by atoms with Crippen molar-refractivity contribution in [3.63, 3.8) is 0 Å². The Balaban J connectivity index is 1.99. The van der Waals surface area contributed by atoms with Gasteiger partial charge in [0.05, 0.1) is 11.1 Å². The van der Waals surface area contributed by atoms with Crippen LogP contribution in [0.15, 0.2) is 40.8 Å². The van der Waals surface area contributed by atoms with Gasteiger partial charge in [0.1, 0.15) is 4.92 Å². The zero-order chi connectivity index (χ0) is 15.4. The van der Waals surface area contributed by atoms with E-state index < -0.39 is 29.2 Å². The van der Waals surface area contributed by atoms with Crippen LogP contribution in [0.1, 0.15) is 20.9 Å². The summed E-state index contributed by atoms with van der Waals surface area (Å²) in [5, 5.41) is 10.7. The van der Waals surface area contributed by atoms with Crippen LogP contribution in [0.25, 0.3) is 0 Å². The molecule has 1 heterocycles. The number of esters is 1. The van der Waals surface area contributed by atoms with Crippen LogP contribution in [-0.4, -0.2) is 23.3 Å². The first-order valence-corrected chi connectivity index (χ1v) is 6.06. The highest BCUT2D eigenvalue weighted by Gasteiger charge is 2.20. The fourth-order valence-corrected chi connectivity index (χ4v) is 1.74. The molecule has 0 fully saturated rings. The van der Waals surface area contributed by atoms with Crippen LogP contribution in [0, 0.1) is 10.1 Å². The minimum absolute atomic E-state index is 0.220. The Morgan fingerprint density at radius 2 is 1.95 bits per heavy atom. The molecule has 1 aromatic heterocycles. The number of hydrogen-bond acceptors (Lipinski definition) is 6. The van der Waals surface area contributed by atoms with E-state index in [4.69, 9.17) is 16.3 Å². The Kier molecular flexibility index (Phi) is 4.34. The van der Waals surface area contributed by atoms with E-state index >= 15 is 0 Å². The summed E-state index contributed by atoms with van der Waals surface area (Å²) >= 11 is 5.83. The molecule has 0 aliphatic carbocycles. The summed E-state index contributed by atoms with van der Waals surface area (Å²) in [7, 11) is 0. The Labute approximate surface area is 123 Å². The standard InChI is InChI=1S/C13H8ClNO6/c14-9-4-2-1-3-8(9)10(16)7-20-13(17)11-5-6-12(21-11)15(18)19/h1-6H,7H2. The smallest absolute Gasteiger partial charge is 0.433 e. The van der Waals surface area contributed by atoms with Gasteiger partial charge in [-0.2, -0.15) is 0 Å². The third-order valence-corrected chi connectivity index (χ3v) is 2.81. The summed E-state index contributed by atoms with van der Waals surface area (Å²) in [6.07, 6.45) is 0. The third kappa shape index (κ3) is 3.46. The molecule has 0 spiro atoms. The van der Waals surface area contributed by atoms with Crippen molar-refractivity contribution < 1.29 is 23.7 Å². The maximum atomic E-state index is 11.8. The summed E-state index contributed by atoms with van der Waals surface area (Å²) < 4.78 is 9.39. The van der Waals surface area contributed by atoms with Gasteiger partial charge in [-0.25, -0.2) is 4.79 Å². The Hall–Kier alpha value is -2.67. The summed E-state index contributed by atoms with van der Waals surface area (Å²) in [5.74, 6) is -2.40. The van der Waals surface area contributed by atoms with Crippen molar-refractivity contribution >= 4 is 29.2 Å². The monoisotopic (exact) mass is 309 g/mol. The number of halogens is 1. The van der Waals surface area contributed by atoms with Crippen LogP contribution in [0.5, 0.6) is 0 Å². The lowest BCUT2D eigenvalue weighted by Gasteiger charge is -2.03. The molecule has 0 bridgehead atoms. The molecule has 0 amide bonds. The zero-order valence-corrected chi connectivity index (χ0v) is 11.2. The van der Waals surface area contributed by atoms with Crippen LogP contribution in [0.4, 0.5) is 5.88 Å². The highest BCUT2D eigenvalue weighted by atomic mass is 35.5. The van der Waals surface area contributed by atoms with Crippen molar-refractivity contribution in [2.75, 3.05) is 6.61 Å². The largest absolute Gasteiger partial charge is 0.451 e. The number of Topliss-reactive ketones (excluding diaryl/α,β-unsaturated/α-hetero) is 1. The predicted molar refractivity (Wildman–Crippen MR) is 71.4 cm³/mol. The fraction of sp³-hybridized carbons (Fsp3) is 0.0769. The molecule has 2 rings (SSSR count). The van der Waals surface area contributed by atoms with Gasteiger partial charge in [-0.05, 0) is 18.2 Å². The number of nitrogens with zero attached hydrogens (tertiary/aromatic N) is 1. The quantitative estimate of drug-likeness (QED) is 0.364. The minimum atomic E-state index is -0.969. The second-order valence-corrected chi connectivity index (χ2v) is 4.28. The highest BCUT2D eigenvalue weighted by molar-refractivity contribution is 6.34. The molecule has 0 atom stereocenters. The van der Waals surface area contributed by atoms with E-state index in [2.05, 4.69) is 4.42 Å². The number of nitro groups is 1. The molecule has 21 heavy (non-hydrogen) atoms. The van der Waals surface area contributed by atoms with Crippen molar-refractivity contribution in [3.05, 3.63) is 62.9 Å². The zero-order valence-electron chi connectivity index (χ0n) is 10.4. The normalized spacial score (nSPS) is 10.1. The average Bonchev–Trinajstić information content (AvgIpc) is 2.95. The van der Waals surface area contributed by atoms with Crippen molar-refractivity contribution in [1.29, 1.82) is 0 Å². The maximum Gasteiger partial charge on any atom is 0.433 e. The number of hydrogen-bond donors (Lipinski definition) is 0. The van der Waals surface area contributed by atoms with Gasteiger partial charge in [-0.3, -0.25) is 14.9 Å². The Bertz CT molecular complexity index is 708. The van der Waals surface area contributed by atoms with Crippen LogP contribution in [0.2, 0.25) is 5.02 Å². The number of rotatable bonds is 5. The van der Waals surface area contributed by atoms with E-state index in [1.807, 2.05) is 0 Å². The average molecular weight is 310 g/mol. The van der Waals surface area contributed by atoms with Gasteiger partial charge < -0.3 is 9.15 Å². The third-order valence-electron chi connectivity index (χ3n) is 2.48. The molecular formula is C13H8ClNO6. The molecule has 1 aromatic carbocycles. The Morgan fingerprint density at radius 3 is 2.57 bits per heavy atom. The van der Waals surface area contributed by atoms with Gasteiger partial charge in [0.15, 0.2) is 6.61 Å². The first-order chi connectivity index (χ1) is 9.99. The molecule has 0 saturated carbocycles. The van der Waals surface area contributed by atoms with Gasteiger partial charge in [0.2, 0.25) is 11.5 Å². The lowest BCUT2D eigenvalue weighted by molar-refractivity contribution is -0.402. The molecule has 0 aliphatic heterocycles. The van der Waals surface area contributed by atoms with Gasteiger partial charge in [0.25, 0.3) is 0 Å². The van der Waals surface area contributed by atoms with E-state index in [9.17, 15) is 19.7 Å². The molecule has 0 radical (unpaired) electrons.